The Kier molecular flexibility index (Phi) is 3.81. The van der Waals surface area contributed by atoms with Crippen LogP contribution in [0.4, 0.5) is 5.69 Å². The second-order valence-corrected chi connectivity index (χ2v) is 5.72. The molecule has 0 aliphatic carbocycles. The van der Waals surface area contributed by atoms with E-state index in [9.17, 15) is 10.1 Å². The SMILES string of the molecule is COc1ccc2cc(-c3cn(-c4ccccc4[N+](=O)[O-])nn3)ccc2c1. The number of benzene rings is 3. The first-order valence-corrected chi connectivity index (χ1v) is 7.90. The predicted molar refractivity (Wildman–Crippen MR) is 97.5 cm³/mol. The van der Waals surface area contributed by atoms with Crippen molar-refractivity contribution < 1.29 is 9.66 Å². The quantitative estimate of drug-likeness (QED) is 0.412. The van der Waals surface area contributed by atoms with Crippen molar-refractivity contribution in [3.63, 3.8) is 0 Å². The van der Waals surface area contributed by atoms with Crippen LogP contribution in [-0.2, 0) is 0 Å². The number of nitro benzene ring substituents is 1. The van der Waals surface area contributed by atoms with Gasteiger partial charge in [-0.3, -0.25) is 10.1 Å². The largest absolute Gasteiger partial charge is 0.497 e. The molecule has 0 amide bonds. The Balaban J connectivity index is 1.75. The molecule has 0 aliphatic rings. The summed E-state index contributed by atoms with van der Waals surface area (Å²) < 4.78 is 6.66. The molecule has 7 heteroatoms. The molecular weight excluding hydrogens is 332 g/mol. The van der Waals surface area contributed by atoms with Crippen LogP contribution in [0, 0.1) is 10.1 Å². The van der Waals surface area contributed by atoms with Gasteiger partial charge in [-0.25, -0.2) is 4.68 Å². The van der Waals surface area contributed by atoms with Crippen LogP contribution < -0.4 is 4.74 Å². The summed E-state index contributed by atoms with van der Waals surface area (Å²) in [5.74, 6) is 0.799. The number of ether oxygens (including phenoxy) is 1. The van der Waals surface area contributed by atoms with Crippen LogP contribution in [0.25, 0.3) is 27.7 Å². The van der Waals surface area contributed by atoms with E-state index in [2.05, 4.69) is 10.3 Å². The highest BCUT2D eigenvalue weighted by Gasteiger charge is 2.16. The third-order valence-electron chi connectivity index (χ3n) is 4.16. The molecule has 7 nitrogen and oxygen atoms in total. The summed E-state index contributed by atoms with van der Waals surface area (Å²) in [6.45, 7) is 0. The van der Waals surface area contributed by atoms with E-state index in [1.807, 2.05) is 36.4 Å². The van der Waals surface area contributed by atoms with Crippen LogP contribution in [0.2, 0.25) is 0 Å². The Labute approximate surface area is 148 Å². The lowest BCUT2D eigenvalue weighted by molar-refractivity contribution is -0.384. The van der Waals surface area contributed by atoms with E-state index in [1.54, 1.807) is 31.5 Å². The van der Waals surface area contributed by atoms with Gasteiger partial charge in [-0.15, -0.1) is 5.10 Å². The Morgan fingerprint density at radius 2 is 1.81 bits per heavy atom. The molecular formula is C19H14N4O3. The van der Waals surface area contributed by atoms with Gasteiger partial charge in [-0.1, -0.05) is 35.5 Å². The number of methoxy groups -OCH3 is 1. The molecule has 1 aromatic heterocycles. The molecule has 0 saturated heterocycles. The minimum atomic E-state index is -0.430. The van der Waals surface area contributed by atoms with E-state index >= 15 is 0 Å². The number of rotatable bonds is 4. The van der Waals surface area contributed by atoms with Gasteiger partial charge in [0.2, 0.25) is 0 Å². The standard InChI is InChI=1S/C19H14N4O3/c1-26-16-9-8-13-10-15(7-6-14(13)11-16)17-12-22(21-20-17)18-4-2-3-5-19(18)23(24)25/h2-12H,1H3. The zero-order valence-corrected chi connectivity index (χ0v) is 13.9. The zero-order valence-electron chi connectivity index (χ0n) is 13.9. The molecule has 0 radical (unpaired) electrons. The van der Waals surface area contributed by atoms with E-state index in [4.69, 9.17) is 4.74 Å². The molecule has 0 bridgehead atoms. The fraction of sp³-hybridized carbons (Fsp3) is 0.0526. The summed E-state index contributed by atoms with van der Waals surface area (Å²) >= 11 is 0. The van der Waals surface area contributed by atoms with Crippen molar-refractivity contribution in [2.75, 3.05) is 7.11 Å². The highest BCUT2D eigenvalue weighted by atomic mass is 16.6. The van der Waals surface area contributed by atoms with Crippen LogP contribution in [0.3, 0.4) is 0 Å². The fourth-order valence-corrected chi connectivity index (χ4v) is 2.84. The number of hydrogen-bond acceptors (Lipinski definition) is 5. The lowest BCUT2D eigenvalue weighted by Gasteiger charge is -2.04. The molecule has 0 spiro atoms. The van der Waals surface area contributed by atoms with Gasteiger partial charge < -0.3 is 4.74 Å². The molecule has 0 aliphatic heterocycles. The lowest BCUT2D eigenvalue weighted by Crippen LogP contribution is -2.00. The molecule has 0 unspecified atom stereocenters. The average Bonchev–Trinajstić information content (AvgIpc) is 3.17. The van der Waals surface area contributed by atoms with Crippen molar-refractivity contribution in [3.05, 3.63) is 77.0 Å². The van der Waals surface area contributed by atoms with Gasteiger partial charge in [0.1, 0.15) is 17.1 Å². The highest BCUT2D eigenvalue weighted by molar-refractivity contribution is 5.87. The van der Waals surface area contributed by atoms with Gasteiger partial charge in [0.25, 0.3) is 5.69 Å². The molecule has 128 valence electrons. The van der Waals surface area contributed by atoms with Crippen LogP contribution in [0.15, 0.2) is 66.9 Å². The van der Waals surface area contributed by atoms with E-state index < -0.39 is 4.92 Å². The maximum Gasteiger partial charge on any atom is 0.294 e. The molecule has 26 heavy (non-hydrogen) atoms. The summed E-state index contributed by atoms with van der Waals surface area (Å²) in [6.07, 6.45) is 1.69. The zero-order chi connectivity index (χ0) is 18.1. The molecule has 0 saturated carbocycles. The van der Waals surface area contributed by atoms with Crippen LogP contribution >= 0.6 is 0 Å². The van der Waals surface area contributed by atoms with Crippen molar-refractivity contribution in [2.45, 2.75) is 0 Å². The van der Waals surface area contributed by atoms with Crippen molar-refractivity contribution in [1.29, 1.82) is 0 Å². The Morgan fingerprint density at radius 1 is 1.04 bits per heavy atom. The number of fused-ring (bicyclic) bond motifs is 1. The molecule has 0 N–H and O–H groups in total. The van der Waals surface area contributed by atoms with Crippen molar-refractivity contribution in [1.82, 2.24) is 15.0 Å². The Hall–Kier alpha value is -3.74. The van der Waals surface area contributed by atoms with Crippen LogP contribution in [-0.4, -0.2) is 27.0 Å². The molecule has 1 heterocycles. The highest BCUT2D eigenvalue weighted by Crippen LogP contribution is 2.27. The number of nitrogens with zero attached hydrogens (tertiary/aromatic N) is 4. The van der Waals surface area contributed by atoms with Crippen molar-refractivity contribution >= 4 is 16.5 Å². The minimum absolute atomic E-state index is 0.0189. The Morgan fingerprint density at radius 3 is 2.62 bits per heavy atom. The maximum absolute atomic E-state index is 11.2. The second kappa shape index (κ2) is 6.29. The summed E-state index contributed by atoms with van der Waals surface area (Å²) in [4.78, 5) is 10.8. The average molecular weight is 346 g/mol. The summed E-state index contributed by atoms with van der Waals surface area (Å²) in [5, 5.41) is 21.5. The first-order chi connectivity index (χ1) is 12.7. The number of para-hydroxylation sites is 2. The van der Waals surface area contributed by atoms with Gasteiger partial charge >= 0.3 is 0 Å². The minimum Gasteiger partial charge on any atom is -0.497 e. The predicted octanol–water partition coefficient (Wildman–Crippen LogP) is 4.00. The molecule has 4 rings (SSSR count). The number of hydrogen-bond donors (Lipinski definition) is 0. The summed E-state index contributed by atoms with van der Waals surface area (Å²) in [7, 11) is 1.64. The first-order valence-electron chi connectivity index (χ1n) is 7.90. The van der Waals surface area contributed by atoms with E-state index in [1.165, 1.54) is 10.7 Å². The summed E-state index contributed by atoms with van der Waals surface area (Å²) in [6, 6.07) is 18.2. The second-order valence-electron chi connectivity index (χ2n) is 5.72. The lowest BCUT2D eigenvalue weighted by atomic mass is 10.1. The third kappa shape index (κ3) is 2.75. The molecule has 0 fully saturated rings. The van der Waals surface area contributed by atoms with Crippen molar-refractivity contribution in [2.24, 2.45) is 0 Å². The summed E-state index contributed by atoms with van der Waals surface area (Å²) in [5.41, 5.74) is 1.88. The van der Waals surface area contributed by atoms with Crippen LogP contribution in [0.1, 0.15) is 0 Å². The normalized spacial score (nSPS) is 10.8. The number of aromatic nitrogens is 3. The maximum atomic E-state index is 11.2. The molecule has 3 aromatic carbocycles. The van der Waals surface area contributed by atoms with E-state index in [-0.39, 0.29) is 5.69 Å². The van der Waals surface area contributed by atoms with Gasteiger partial charge in [0, 0.05) is 11.6 Å². The van der Waals surface area contributed by atoms with Gasteiger partial charge in [-0.2, -0.15) is 0 Å². The monoisotopic (exact) mass is 346 g/mol. The smallest absolute Gasteiger partial charge is 0.294 e. The fourth-order valence-electron chi connectivity index (χ4n) is 2.84. The van der Waals surface area contributed by atoms with Gasteiger partial charge in [0.05, 0.1) is 18.2 Å². The Bertz CT molecular complexity index is 1120. The van der Waals surface area contributed by atoms with E-state index in [0.29, 0.717) is 11.4 Å². The van der Waals surface area contributed by atoms with Crippen LogP contribution in [0.5, 0.6) is 5.75 Å². The first kappa shape index (κ1) is 15.8. The van der Waals surface area contributed by atoms with Crippen molar-refractivity contribution in [3.8, 4) is 22.7 Å². The van der Waals surface area contributed by atoms with Gasteiger partial charge in [-0.05, 0) is 35.0 Å². The van der Waals surface area contributed by atoms with Gasteiger partial charge in [0.15, 0.2) is 0 Å². The topological polar surface area (TPSA) is 83.1 Å². The van der Waals surface area contributed by atoms with E-state index in [0.717, 1.165) is 22.1 Å². The number of nitro groups is 1. The third-order valence-corrected chi connectivity index (χ3v) is 4.16. The molecule has 0 atom stereocenters. The molecule has 4 aromatic rings.